The number of aliphatic hydroxyl groups is 1. The molecule has 0 bridgehead atoms. The Morgan fingerprint density at radius 2 is 2.17 bits per heavy atom. The normalized spacial score (nSPS) is 12.2. The van der Waals surface area contributed by atoms with E-state index in [4.69, 9.17) is 0 Å². The van der Waals surface area contributed by atoms with Crippen molar-refractivity contribution in [3.05, 3.63) is 33.2 Å². The van der Waals surface area contributed by atoms with E-state index in [0.717, 1.165) is 5.69 Å². The third-order valence-electron chi connectivity index (χ3n) is 2.83. The fourth-order valence-electron chi connectivity index (χ4n) is 1.78. The van der Waals surface area contributed by atoms with Crippen LogP contribution in [0, 0.1) is 13.8 Å². The van der Waals surface area contributed by atoms with Crippen LogP contribution in [-0.4, -0.2) is 28.6 Å². The van der Waals surface area contributed by atoms with Gasteiger partial charge in [0.15, 0.2) is 0 Å². The molecule has 0 fully saturated rings. The largest absolute Gasteiger partial charge is 0.393 e. The van der Waals surface area contributed by atoms with Gasteiger partial charge in [-0.05, 0) is 38.3 Å². The van der Waals surface area contributed by atoms with E-state index in [9.17, 15) is 14.7 Å². The van der Waals surface area contributed by atoms with E-state index >= 15 is 0 Å². The molecule has 1 heterocycles. The number of H-pyrrole nitrogens is 1. The van der Waals surface area contributed by atoms with E-state index in [-0.39, 0.29) is 11.1 Å². The summed E-state index contributed by atoms with van der Waals surface area (Å²) in [5, 5.41) is 12.0. The first-order valence-electron chi connectivity index (χ1n) is 6.12. The molecule has 1 unspecified atom stereocenters. The Kier molecular flexibility index (Phi) is 5.09. The molecule has 1 amide bonds. The van der Waals surface area contributed by atoms with Gasteiger partial charge in [0, 0.05) is 12.2 Å². The number of amides is 1. The van der Waals surface area contributed by atoms with Gasteiger partial charge in [-0.15, -0.1) is 0 Å². The van der Waals surface area contributed by atoms with Crippen molar-refractivity contribution < 1.29 is 9.90 Å². The third kappa shape index (κ3) is 3.70. The van der Waals surface area contributed by atoms with E-state index in [2.05, 4.69) is 10.3 Å². The van der Waals surface area contributed by atoms with Gasteiger partial charge in [-0.25, -0.2) is 0 Å². The maximum Gasteiger partial charge on any atom is 0.261 e. The van der Waals surface area contributed by atoms with Gasteiger partial charge in [-0.2, -0.15) is 0 Å². The fourth-order valence-corrected chi connectivity index (χ4v) is 1.78. The lowest BCUT2D eigenvalue weighted by molar-refractivity contribution is 0.0940. The lowest BCUT2D eigenvalue weighted by atomic mass is 10.1. The molecule has 100 valence electrons. The number of rotatable bonds is 5. The fraction of sp³-hybridized carbons (Fsp3) is 0.538. The molecular formula is C13H20N2O3. The van der Waals surface area contributed by atoms with Crippen molar-refractivity contribution >= 4 is 5.91 Å². The Balaban J connectivity index is 2.71. The number of aromatic amines is 1. The van der Waals surface area contributed by atoms with E-state index in [0.29, 0.717) is 24.9 Å². The zero-order valence-corrected chi connectivity index (χ0v) is 11.0. The molecular weight excluding hydrogens is 232 g/mol. The van der Waals surface area contributed by atoms with Crippen molar-refractivity contribution in [2.75, 3.05) is 6.54 Å². The van der Waals surface area contributed by atoms with Gasteiger partial charge in [0.05, 0.1) is 6.10 Å². The molecule has 0 saturated carbocycles. The van der Waals surface area contributed by atoms with Crippen LogP contribution in [0.5, 0.6) is 0 Å². The second-order valence-electron chi connectivity index (χ2n) is 4.45. The summed E-state index contributed by atoms with van der Waals surface area (Å²) in [6.07, 6.45) is 0.730. The summed E-state index contributed by atoms with van der Waals surface area (Å²) in [4.78, 5) is 26.1. The topological polar surface area (TPSA) is 82.2 Å². The van der Waals surface area contributed by atoms with Crippen LogP contribution in [0.15, 0.2) is 10.9 Å². The van der Waals surface area contributed by atoms with Crippen LogP contribution in [0.25, 0.3) is 0 Å². The predicted octanol–water partition coefficient (Wildman–Crippen LogP) is 0.883. The zero-order chi connectivity index (χ0) is 13.7. The number of nitrogens with one attached hydrogen (secondary N) is 2. The first-order valence-corrected chi connectivity index (χ1v) is 6.12. The second-order valence-corrected chi connectivity index (χ2v) is 4.45. The number of aryl methyl sites for hydroxylation is 2. The van der Waals surface area contributed by atoms with Gasteiger partial charge < -0.3 is 15.4 Å². The Labute approximate surface area is 106 Å². The summed E-state index contributed by atoms with van der Waals surface area (Å²) in [7, 11) is 0. The molecule has 5 nitrogen and oxygen atoms in total. The SMILES string of the molecule is CCC(O)CCNC(=O)c1c(C)cc(C)[nH]c1=O. The van der Waals surface area contributed by atoms with Crippen molar-refractivity contribution in [2.45, 2.75) is 39.7 Å². The van der Waals surface area contributed by atoms with Crippen LogP contribution >= 0.6 is 0 Å². The van der Waals surface area contributed by atoms with Crippen LogP contribution in [0.2, 0.25) is 0 Å². The van der Waals surface area contributed by atoms with E-state index in [1.165, 1.54) is 0 Å². The van der Waals surface area contributed by atoms with Gasteiger partial charge in [-0.3, -0.25) is 9.59 Å². The van der Waals surface area contributed by atoms with Crippen molar-refractivity contribution in [3.63, 3.8) is 0 Å². The monoisotopic (exact) mass is 252 g/mol. The molecule has 0 spiro atoms. The first kappa shape index (κ1) is 14.4. The minimum Gasteiger partial charge on any atom is -0.393 e. The lowest BCUT2D eigenvalue weighted by Crippen LogP contribution is -2.32. The highest BCUT2D eigenvalue weighted by atomic mass is 16.3. The number of hydrogen-bond acceptors (Lipinski definition) is 3. The maximum absolute atomic E-state index is 11.9. The summed E-state index contributed by atoms with van der Waals surface area (Å²) in [6, 6.07) is 1.76. The summed E-state index contributed by atoms with van der Waals surface area (Å²) in [6.45, 7) is 5.74. The standard InChI is InChI=1S/C13H20N2O3/c1-4-10(16)5-6-14-12(17)11-8(2)7-9(3)15-13(11)18/h7,10,16H,4-6H2,1-3H3,(H,14,17)(H,15,18). The van der Waals surface area contributed by atoms with Crippen LogP contribution in [-0.2, 0) is 0 Å². The molecule has 0 saturated heterocycles. The molecule has 0 aliphatic heterocycles. The Morgan fingerprint density at radius 1 is 1.50 bits per heavy atom. The quantitative estimate of drug-likeness (QED) is 0.727. The number of hydrogen-bond donors (Lipinski definition) is 3. The van der Waals surface area contributed by atoms with Crippen molar-refractivity contribution in [1.29, 1.82) is 0 Å². The van der Waals surface area contributed by atoms with E-state index < -0.39 is 12.0 Å². The second kappa shape index (κ2) is 6.35. The molecule has 1 rings (SSSR count). The highest BCUT2D eigenvalue weighted by Gasteiger charge is 2.14. The number of carbonyl (C=O) groups is 1. The van der Waals surface area contributed by atoms with Crippen molar-refractivity contribution in [2.24, 2.45) is 0 Å². The summed E-state index contributed by atoms with van der Waals surface area (Å²) in [5.74, 6) is -0.392. The summed E-state index contributed by atoms with van der Waals surface area (Å²) < 4.78 is 0. The molecule has 0 aliphatic carbocycles. The average Bonchev–Trinajstić information content (AvgIpc) is 2.27. The highest BCUT2D eigenvalue weighted by Crippen LogP contribution is 2.03. The van der Waals surface area contributed by atoms with Gasteiger partial charge in [0.2, 0.25) is 0 Å². The summed E-state index contributed by atoms with van der Waals surface area (Å²) >= 11 is 0. The predicted molar refractivity (Wildman–Crippen MR) is 69.8 cm³/mol. The average molecular weight is 252 g/mol. The van der Waals surface area contributed by atoms with Crippen LogP contribution in [0.1, 0.15) is 41.4 Å². The summed E-state index contributed by atoms with van der Waals surface area (Å²) in [5.41, 5.74) is 1.16. The van der Waals surface area contributed by atoms with E-state index in [1.807, 2.05) is 6.92 Å². The highest BCUT2D eigenvalue weighted by molar-refractivity contribution is 5.95. The van der Waals surface area contributed by atoms with Crippen LogP contribution < -0.4 is 10.9 Å². The number of aliphatic hydroxyl groups excluding tert-OH is 1. The molecule has 1 atom stereocenters. The minimum absolute atomic E-state index is 0.145. The number of aromatic nitrogens is 1. The molecule has 0 radical (unpaired) electrons. The molecule has 1 aromatic heterocycles. The van der Waals surface area contributed by atoms with E-state index in [1.54, 1.807) is 19.9 Å². The first-order chi connectivity index (χ1) is 8.45. The molecule has 0 aliphatic rings. The molecule has 1 aromatic rings. The zero-order valence-electron chi connectivity index (χ0n) is 11.0. The minimum atomic E-state index is -0.414. The van der Waals surface area contributed by atoms with Crippen molar-refractivity contribution in [3.8, 4) is 0 Å². The Morgan fingerprint density at radius 3 is 2.72 bits per heavy atom. The van der Waals surface area contributed by atoms with Crippen LogP contribution in [0.4, 0.5) is 0 Å². The number of carbonyl (C=O) groups excluding carboxylic acids is 1. The van der Waals surface area contributed by atoms with Gasteiger partial charge in [0.1, 0.15) is 5.56 Å². The molecule has 0 aromatic carbocycles. The lowest BCUT2D eigenvalue weighted by Gasteiger charge is -2.10. The Hall–Kier alpha value is -1.62. The van der Waals surface area contributed by atoms with Crippen LogP contribution in [0.3, 0.4) is 0 Å². The molecule has 3 N–H and O–H groups in total. The molecule has 18 heavy (non-hydrogen) atoms. The Bertz CT molecular complexity index is 480. The van der Waals surface area contributed by atoms with Gasteiger partial charge in [0.25, 0.3) is 11.5 Å². The maximum atomic E-state index is 11.9. The third-order valence-corrected chi connectivity index (χ3v) is 2.83. The molecule has 5 heteroatoms. The van der Waals surface area contributed by atoms with Gasteiger partial charge in [-0.1, -0.05) is 6.92 Å². The van der Waals surface area contributed by atoms with Gasteiger partial charge >= 0.3 is 0 Å². The van der Waals surface area contributed by atoms with Crippen molar-refractivity contribution in [1.82, 2.24) is 10.3 Å². The smallest absolute Gasteiger partial charge is 0.261 e. The number of pyridine rings is 1.